The molecule has 0 spiro atoms. The van der Waals surface area contributed by atoms with Gasteiger partial charge in [-0.3, -0.25) is 4.79 Å². The lowest BCUT2D eigenvalue weighted by atomic mass is 10.2. The number of carbonyl (C=O) groups excluding carboxylic acids is 1. The number of anilines is 1. The molecule has 3 heterocycles. The fourth-order valence-electron chi connectivity index (χ4n) is 3.40. The second-order valence-corrected chi connectivity index (χ2v) is 7.45. The van der Waals surface area contributed by atoms with Crippen LogP contribution in [0.15, 0.2) is 28.8 Å². The molecule has 4 rings (SSSR count). The molecule has 1 aliphatic heterocycles. The molecule has 1 fully saturated rings. The highest BCUT2D eigenvalue weighted by Crippen LogP contribution is 2.29. The maximum atomic E-state index is 12.2. The molecule has 0 radical (unpaired) electrons. The third kappa shape index (κ3) is 4.09. The van der Waals surface area contributed by atoms with Gasteiger partial charge in [0, 0.05) is 37.5 Å². The van der Waals surface area contributed by atoms with Crippen molar-refractivity contribution in [2.75, 3.05) is 18.0 Å². The van der Waals surface area contributed by atoms with Crippen LogP contribution in [-0.2, 0) is 17.8 Å². The number of rotatable bonds is 6. The molecular weight excluding hydrogens is 378 g/mol. The minimum Gasteiger partial charge on any atom is -0.356 e. The molecule has 146 valence electrons. The highest BCUT2D eigenvalue weighted by molar-refractivity contribution is 6.30. The first-order valence-electron chi connectivity index (χ1n) is 9.49. The molecule has 0 aliphatic carbocycles. The Bertz CT molecular complexity index is 980. The lowest BCUT2D eigenvalue weighted by Crippen LogP contribution is -2.24. The first-order valence-corrected chi connectivity index (χ1v) is 9.87. The zero-order chi connectivity index (χ0) is 19.5. The Hall–Kier alpha value is -2.67. The van der Waals surface area contributed by atoms with E-state index in [-0.39, 0.29) is 5.91 Å². The number of hydrogen-bond donors (Lipinski definition) is 1. The number of nitrogens with zero attached hydrogens (tertiary/aromatic N) is 4. The second-order valence-electron chi connectivity index (χ2n) is 7.01. The van der Waals surface area contributed by atoms with Crippen LogP contribution in [0.25, 0.3) is 11.1 Å². The van der Waals surface area contributed by atoms with E-state index in [1.54, 1.807) is 0 Å². The van der Waals surface area contributed by atoms with Crippen molar-refractivity contribution >= 4 is 34.4 Å². The summed E-state index contributed by atoms with van der Waals surface area (Å²) in [4.78, 5) is 23.7. The number of nitrogens with one attached hydrogen (secondary N) is 1. The number of hydrogen-bond acceptors (Lipinski definition) is 6. The summed E-state index contributed by atoms with van der Waals surface area (Å²) >= 11 is 5.88. The quantitative estimate of drug-likeness (QED) is 0.683. The van der Waals surface area contributed by atoms with Gasteiger partial charge < -0.3 is 14.7 Å². The molecule has 1 aromatic carbocycles. The standard InChI is InChI=1S/C20H22ClN5O2/c1-13-18-19(26-10-2-3-11-26)23-16(24-20(18)28-25-13)8-9-17(27)22-12-14-4-6-15(21)7-5-14/h4-7H,2-3,8-12H2,1H3,(H,22,27). The van der Waals surface area contributed by atoms with Crippen LogP contribution in [-0.4, -0.2) is 34.1 Å². The second kappa shape index (κ2) is 8.14. The Morgan fingerprint density at radius 2 is 1.96 bits per heavy atom. The van der Waals surface area contributed by atoms with Gasteiger partial charge in [0.2, 0.25) is 5.91 Å². The Balaban J connectivity index is 1.42. The Morgan fingerprint density at radius 1 is 1.21 bits per heavy atom. The summed E-state index contributed by atoms with van der Waals surface area (Å²) < 4.78 is 5.37. The summed E-state index contributed by atoms with van der Waals surface area (Å²) in [5.74, 6) is 1.43. The third-order valence-electron chi connectivity index (χ3n) is 4.92. The highest BCUT2D eigenvalue weighted by atomic mass is 35.5. The van der Waals surface area contributed by atoms with Crippen molar-refractivity contribution in [1.82, 2.24) is 20.4 Å². The number of fused-ring (bicyclic) bond motifs is 1. The van der Waals surface area contributed by atoms with Gasteiger partial charge in [-0.2, -0.15) is 4.98 Å². The molecule has 1 saturated heterocycles. The van der Waals surface area contributed by atoms with Crippen LogP contribution in [0.1, 0.15) is 36.3 Å². The maximum Gasteiger partial charge on any atom is 0.263 e. The monoisotopic (exact) mass is 399 g/mol. The minimum absolute atomic E-state index is 0.0462. The molecule has 1 aliphatic rings. The number of halogens is 1. The number of carbonyl (C=O) groups is 1. The molecule has 0 atom stereocenters. The molecule has 0 bridgehead atoms. The first kappa shape index (κ1) is 18.7. The van der Waals surface area contributed by atoms with Gasteiger partial charge in [-0.25, -0.2) is 4.98 Å². The predicted octanol–water partition coefficient (Wildman–Crippen LogP) is 3.43. The molecule has 8 heteroatoms. The van der Waals surface area contributed by atoms with E-state index in [0.717, 1.165) is 48.4 Å². The zero-order valence-corrected chi connectivity index (χ0v) is 16.5. The number of aryl methyl sites for hydroxylation is 2. The average Bonchev–Trinajstić information content (AvgIpc) is 3.36. The maximum absolute atomic E-state index is 12.2. The van der Waals surface area contributed by atoms with Gasteiger partial charge in [0.25, 0.3) is 5.71 Å². The van der Waals surface area contributed by atoms with Crippen LogP contribution in [0, 0.1) is 6.92 Å². The fourth-order valence-corrected chi connectivity index (χ4v) is 3.52. The fraction of sp³-hybridized carbons (Fsp3) is 0.400. The van der Waals surface area contributed by atoms with Gasteiger partial charge in [-0.15, -0.1) is 0 Å². The lowest BCUT2D eigenvalue weighted by Gasteiger charge is -2.17. The van der Waals surface area contributed by atoms with Gasteiger partial charge in [0.05, 0.1) is 5.69 Å². The number of amides is 1. The molecule has 0 unspecified atom stereocenters. The van der Waals surface area contributed by atoms with E-state index >= 15 is 0 Å². The lowest BCUT2D eigenvalue weighted by molar-refractivity contribution is -0.121. The van der Waals surface area contributed by atoms with Crippen LogP contribution >= 0.6 is 11.6 Å². The molecule has 0 saturated carbocycles. The van der Waals surface area contributed by atoms with Crippen LogP contribution in [0.2, 0.25) is 5.02 Å². The van der Waals surface area contributed by atoms with Gasteiger partial charge in [-0.05, 0) is 37.5 Å². The van der Waals surface area contributed by atoms with Crippen molar-refractivity contribution in [1.29, 1.82) is 0 Å². The van der Waals surface area contributed by atoms with Crippen molar-refractivity contribution in [3.63, 3.8) is 0 Å². The smallest absolute Gasteiger partial charge is 0.263 e. The van der Waals surface area contributed by atoms with E-state index in [9.17, 15) is 4.79 Å². The minimum atomic E-state index is -0.0462. The highest BCUT2D eigenvalue weighted by Gasteiger charge is 2.22. The van der Waals surface area contributed by atoms with Crippen LogP contribution in [0.4, 0.5) is 5.82 Å². The van der Waals surface area contributed by atoms with E-state index in [4.69, 9.17) is 21.1 Å². The predicted molar refractivity (Wildman–Crippen MR) is 107 cm³/mol. The van der Waals surface area contributed by atoms with Crippen molar-refractivity contribution < 1.29 is 9.32 Å². The van der Waals surface area contributed by atoms with E-state index < -0.39 is 0 Å². The first-order chi connectivity index (χ1) is 13.6. The Morgan fingerprint density at radius 3 is 2.71 bits per heavy atom. The summed E-state index contributed by atoms with van der Waals surface area (Å²) in [6.07, 6.45) is 3.06. The molecule has 28 heavy (non-hydrogen) atoms. The topological polar surface area (TPSA) is 84.1 Å². The molecule has 1 N–H and O–H groups in total. The Labute approximate surface area is 168 Å². The van der Waals surface area contributed by atoms with Gasteiger partial charge in [-0.1, -0.05) is 28.9 Å². The molecule has 3 aromatic rings. The van der Waals surface area contributed by atoms with Crippen LogP contribution in [0.5, 0.6) is 0 Å². The summed E-state index contributed by atoms with van der Waals surface area (Å²) in [5.41, 5.74) is 2.29. The normalized spacial score (nSPS) is 14.0. The van der Waals surface area contributed by atoms with Crippen molar-refractivity contribution in [3.8, 4) is 0 Å². The number of benzene rings is 1. The summed E-state index contributed by atoms with van der Waals surface area (Å²) in [6.45, 7) is 4.31. The van der Waals surface area contributed by atoms with E-state index in [2.05, 4.69) is 20.4 Å². The van der Waals surface area contributed by atoms with Crippen LogP contribution in [0.3, 0.4) is 0 Å². The average molecular weight is 400 g/mol. The van der Waals surface area contributed by atoms with Gasteiger partial charge in [0.15, 0.2) is 0 Å². The van der Waals surface area contributed by atoms with Crippen LogP contribution < -0.4 is 10.2 Å². The van der Waals surface area contributed by atoms with Crippen molar-refractivity contribution in [2.45, 2.75) is 39.2 Å². The zero-order valence-electron chi connectivity index (χ0n) is 15.7. The molecule has 2 aromatic heterocycles. The Kier molecular flexibility index (Phi) is 5.43. The summed E-state index contributed by atoms with van der Waals surface area (Å²) in [5, 5.41) is 8.51. The summed E-state index contributed by atoms with van der Waals surface area (Å²) in [7, 11) is 0. The number of aromatic nitrogens is 3. The largest absolute Gasteiger partial charge is 0.356 e. The van der Waals surface area contributed by atoms with Gasteiger partial charge >= 0.3 is 0 Å². The molecule has 7 nitrogen and oxygen atoms in total. The summed E-state index contributed by atoms with van der Waals surface area (Å²) in [6, 6.07) is 7.42. The molecule has 1 amide bonds. The van der Waals surface area contributed by atoms with Crippen molar-refractivity contribution in [2.24, 2.45) is 0 Å². The third-order valence-corrected chi connectivity index (χ3v) is 5.17. The van der Waals surface area contributed by atoms with Gasteiger partial charge in [0.1, 0.15) is 17.0 Å². The molecular formula is C20H22ClN5O2. The van der Waals surface area contributed by atoms with E-state index in [0.29, 0.717) is 35.9 Å². The van der Waals surface area contributed by atoms with E-state index in [1.165, 1.54) is 0 Å². The van der Waals surface area contributed by atoms with E-state index in [1.807, 2.05) is 31.2 Å². The van der Waals surface area contributed by atoms with Crippen molar-refractivity contribution in [3.05, 3.63) is 46.4 Å². The SMILES string of the molecule is Cc1noc2nc(CCC(=O)NCc3ccc(Cl)cc3)nc(N3CCCC3)c12.